The van der Waals surface area contributed by atoms with Crippen molar-refractivity contribution in [2.75, 3.05) is 5.75 Å². The molecule has 0 amide bonds. The van der Waals surface area contributed by atoms with Gasteiger partial charge in [0.2, 0.25) is 0 Å². The Morgan fingerprint density at radius 2 is 1.82 bits per heavy atom. The van der Waals surface area contributed by atoms with Crippen LogP contribution in [0.25, 0.3) is 5.57 Å². The standard InChI is InChI=1S/C26H30F3NO3S/c1-5-17-9-15(3)10-18(6-2)24(17)25-21(31)11-19(12-22(25)32)16(4)14-34-23-8-7-20(13-30-23)33-26(27,28)29/h7-10,13,16,19,31H,5-6,11-12,14H2,1-4H3. The number of alkyl halides is 3. The molecule has 8 heteroatoms. The summed E-state index contributed by atoms with van der Waals surface area (Å²) in [5.74, 6) is 0.456. The van der Waals surface area contributed by atoms with Gasteiger partial charge in [0.15, 0.2) is 5.78 Å². The Labute approximate surface area is 202 Å². The second-order valence-electron chi connectivity index (χ2n) is 8.75. The number of ketones is 1. The number of rotatable bonds is 8. The average Bonchev–Trinajstić information content (AvgIpc) is 2.77. The van der Waals surface area contributed by atoms with E-state index in [1.807, 2.05) is 13.8 Å². The molecule has 0 bridgehead atoms. The largest absolute Gasteiger partial charge is 0.573 e. The van der Waals surface area contributed by atoms with Gasteiger partial charge in [-0.2, -0.15) is 0 Å². The smallest absolute Gasteiger partial charge is 0.512 e. The van der Waals surface area contributed by atoms with E-state index in [2.05, 4.69) is 35.7 Å². The van der Waals surface area contributed by atoms with E-state index in [0.29, 0.717) is 29.2 Å². The average molecular weight is 494 g/mol. The number of carbonyl (C=O) groups excluding carboxylic acids is 1. The Balaban J connectivity index is 1.71. The number of benzene rings is 1. The summed E-state index contributed by atoms with van der Waals surface area (Å²) in [5, 5.41) is 11.5. The molecule has 34 heavy (non-hydrogen) atoms. The van der Waals surface area contributed by atoms with Gasteiger partial charge in [-0.25, -0.2) is 4.98 Å². The summed E-state index contributed by atoms with van der Waals surface area (Å²) in [6.45, 7) is 8.17. The minimum absolute atomic E-state index is 0.0165. The lowest BCUT2D eigenvalue weighted by molar-refractivity contribution is -0.274. The number of nitrogens with zero attached hydrogens (tertiary/aromatic N) is 1. The molecule has 0 fully saturated rings. The number of pyridine rings is 1. The first-order valence-electron chi connectivity index (χ1n) is 11.4. The fourth-order valence-corrected chi connectivity index (χ4v) is 5.43. The van der Waals surface area contributed by atoms with Crippen molar-refractivity contribution in [1.82, 2.24) is 4.98 Å². The highest BCUT2D eigenvalue weighted by Crippen LogP contribution is 2.39. The number of Topliss-reactive ketones (excluding diaryl/α,β-unsaturated/α-hetero) is 1. The van der Waals surface area contributed by atoms with Crippen LogP contribution in [0.3, 0.4) is 0 Å². The highest BCUT2D eigenvalue weighted by atomic mass is 32.2. The highest BCUT2D eigenvalue weighted by molar-refractivity contribution is 7.99. The van der Waals surface area contributed by atoms with Gasteiger partial charge < -0.3 is 9.84 Å². The zero-order valence-corrected chi connectivity index (χ0v) is 20.6. The number of thioether (sulfide) groups is 1. The van der Waals surface area contributed by atoms with Crippen molar-refractivity contribution in [1.29, 1.82) is 0 Å². The lowest BCUT2D eigenvalue weighted by Crippen LogP contribution is -2.25. The summed E-state index contributed by atoms with van der Waals surface area (Å²) in [7, 11) is 0. The molecule has 4 nitrogen and oxygen atoms in total. The van der Waals surface area contributed by atoms with E-state index in [4.69, 9.17) is 0 Å². The highest BCUT2D eigenvalue weighted by Gasteiger charge is 2.33. The fraction of sp³-hybridized carbons (Fsp3) is 0.462. The SMILES string of the molecule is CCc1cc(C)cc(CC)c1C1=C(O)CC(C(C)CSc2ccc(OC(F)(F)F)cn2)CC1=O. The molecule has 2 aromatic rings. The normalized spacial score (nSPS) is 17.7. The molecule has 0 saturated heterocycles. The first-order valence-corrected chi connectivity index (χ1v) is 12.4. The molecule has 1 aromatic carbocycles. The van der Waals surface area contributed by atoms with Crippen LogP contribution in [0, 0.1) is 18.8 Å². The van der Waals surface area contributed by atoms with Crippen LogP contribution in [0.2, 0.25) is 0 Å². The van der Waals surface area contributed by atoms with Crippen LogP contribution in [-0.4, -0.2) is 28.0 Å². The number of allylic oxidation sites excluding steroid dienone is 2. The lowest BCUT2D eigenvalue weighted by Gasteiger charge is -2.29. The van der Waals surface area contributed by atoms with Gasteiger partial charge in [0.1, 0.15) is 11.5 Å². The summed E-state index contributed by atoms with van der Waals surface area (Å²) in [5.41, 5.74) is 4.67. The Kier molecular flexibility index (Phi) is 8.34. The molecule has 0 radical (unpaired) electrons. The molecule has 0 spiro atoms. The van der Waals surface area contributed by atoms with Gasteiger partial charge in [-0.15, -0.1) is 24.9 Å². The number of ether oxygens (including phenoxy) is 1. The molecule has 0 saturated carbocycles. The van der Waals surface area contributed by atoms with Crippen molar-refractivity contribution in [3.8, 4) is 5.75 Å². The van der Waals surface area contributed by atoms with Gasteiger partial charge in [0.25, 0.3) is 0 Å². The predicted octanol–water partition coefficient (Wildman–Crippen LogP) is 7.09. The molecule has 1 aromatic heterocycles. The predicted molar refractivity (Wildman–Crippen MR) is 128 cm³/mol. The number of aryl methyl sites for hydroxylation is 3. The van der Waals surface area contributed by atoms with Crippen molar-refractivity contribution < 1.29 is 27.8 Å². The van der Waals surface area contributed by atoms with Crippen LogP contribution in [-0.2, 0) is 17.6 Å². The monoisotopic (exact) mass is 493 g/mol. The Bertz CT molecular complexity index is 1040. The van der Waals surface area contributed by atoms with Crippen molar-refractivity contribution in [3.63, 3.8) is 0 Å². The van der Waals surface area contributed by atoms with Crippen LogP contribution in [0.15, 0.2) is 41.2 Å². The second-order valence-corrected chi connectivity index (χ2v) is 9.79. The van der Waals surface area contributed by atoms with E-state index >= 15 is 0 Å². The fourth-order valence-electron chi connectivity index (χ4n) is 4.43. The summed E-state index contributed by atoms with van der Waals surface area (Å²) in [6, 6.07) is 6.89. The second kappa shape index (κ2) is 10.8. The third kappa shape index (κ3) is 6.34. The van der Waals surface area contributed by atoms with Crippen molar-refractivity contribution in [2.45, 2.75) is 64.8 Å². The molecule has 184 valence electrons. The van der Waals surface area contributed by atoms with Crippen LogP contribution in [0.1, 0.15) is 55.9 Å². The van der Waals surface area contributed by atoms with E-state index in [1.165, 1.54) is 23.9 Å². The first-order chi connectivity index (χ1) is 16.0. The number of aliphatic hydroxyl groups is 1. The summed E-state index contributed by atoms with van der Waals surface area (Å²) in [6.07, 6.45) is -1.36. The van der Waals surface area contributed by atoms with Crippen LogP contribution >= 0.6 is 11.8 Å². The van der Waals surface area contributed by atoms with Gasteiger partial charge >= 0.3 is 6.36 Å². The zero-order valence-electron chi connectivity index (χ0n) is 19.8. The van der Waals surface area contributed by atoms with E-state index in [1.54, 1.807) is 0 Å². The first kappa shape index (κ1) is 26.1. The molecule has 1 heterocycles. The minimum Gasteiger partial charge on any atom is -0.512 e. The Hall–Kier alpha value is -2.48. The molecule has 0 aliphatic heterocycles. The van der Waals surface area contributed by atoms with Crippen molar-refractivity contribution in [2.24, 2.45) is 11.8 Å². The molecule has 2 unspecified atom stereocenters. The van der Waals surface area contributed by atoms with E-state index in [9.17, 15) is 23.1 Å². The Morgan fingerprint density at radius 1 is 1.18 bits per heavy atom. The number of aliphatic hydroxyl groups excluding tert-OH is 1. The molecule has 1 aliphatic carbocycles. The number of aromatic nitrogens is 1. The summed E-state index contributed by atoms with van der Waals surface area (Å²) in [4.78, 5) is 17.2. The molecule has 1 aliphatic rings. The maximum atomic E-state index is 13.2. The van der Waals surface area contributed by atoms with Crippen LogP contribution < -0.4 is 4.74 Å². The topological polar surface area (TPSA) is 59.4 Å². The quantitative estimate of drug-likeness (QED) is 0.398. The number of carbonyl (C=O) groups is 1. The van der Waals surface area contributed by atoms with Gasteiger partial charge in [-0.05, 0) is 60.4 Å². The van der Waals surface area contributed by atoms with Crippen molar-refractivity contribution in [3.05, 3.63) is 58.5 Å². The van der Waals surface area contributed by atoms with E-state index < -0.39 is 6.36 Å². The van der Waals surface area contributed by atoms with Gasteiger partial charge in [0, 0.05) is 18.6 Å². The van der Waals surface area contributed by atoms with Crippen LogP contribution in [0.5, 0.6) is 5.75 Å². The molecular formula is C26H30F3NO3S. The number of hydrogen-bond donors (Lipinski definition) is 1. The zero-order chi connectivity index (χ0) is 25.0. The minimum atomic E-state index is -4.75. The van der Waals surface area contributed by atoms with Gasteiger partial charge in [0.05, 0.1) is 16.8 Å². The Morgan fingerprint density at radius 3 is 2.32 bits per heavy atom. The summed E-state index contributed by atoms with van der Waals surface area (Å²) >= 11 is 1.41. The third-order valence-corrected chi connectivity index (χ3v) is 7.40. The third-order valence-electron chi connectivity index (χ3n) is 6.17. The van der Waals surface area contributed by atoms with Crippen LogP contribution in [0.4, 0.5) is 13.2 Å². The lowest BCUT2D eigenvalue weighted by atomic mass is 9.76. The van der Waals surface area contributed by atoms with E-state index in [-0.39, 0.29) is 29.1 Å². The number of halogens is 3. The van der Waals surface area contributed by atoms with Crippen molar-refractivity contribution >= 4 is 23.1 Å². The molecular weight excluding hydrogens is 463 g/mol. The van der Waals surface area contributed by atoms with Gasteiger partial charge in [-0.3, -0.25) is 4.79 Å². The maximum Gasteiger partial charge on any atom is 0.573 e. The summed E-state index contributed by atoms with van der Waals surface area (Å²) < 4.78 is 40.7. The molecule has 3 rings (SSSR count). The number of hydrogen-bond acceptors (Lipinski definition) is 5. The van der Waals surface area contributed by atoms with Gasteiger partial charge in [-0.1, -0.05) is 38.5 Å². The molecule has 2 atom stereocenters. The molecule has 1 N–H and O–H groups in total. The van der Waals surface area contributed by atoms with E-state index in [0.717, 1.165) is 41.3 Å². The maximum absolute atomic E-state index is 13.2.